The molecule has 3 heteroatoms. The predicted molar refractivity (Wildman–Crippen MR) is 79.6 cm³/mol. The lowest BCUT2D eigenvalue weighted by Gasteiger charge is -2.23. The van der Waals surface area contributed by atoms with E-state index in [4.69, 9.17) is 0 Å². The van der Waals surface area contributed by atoms with Crippen LogP contribution >= 0.6 is 0 Å². The Morgan fingerprint density at radius 3 is 2.37 bits per heavy atom. The highest BCUT2D eigenvalue weighted by molar-refractivity contribution is 5.96. The van der Waals surface area contributed by atoms with Crippen molar-refractivity contribution in [2.45, 2.75) is 45.1 Å². The molecule has 1 saturated heterocycles. The quantitative estimate of drug-likeness (QED) is 0.886. The van der Waals surface area contributed by atoms with Crippen LogP contribution in [0.1, 0.15) is 39.2 Å². The monoisotopic (exact) mass is 260 g/mol. The van der Waals surface area contributed by atoms with Crippen molar-refractivity contribution in [1.29, 1.82) is 0 Å². The van der Waals surface area contributed by atoms with Crippen molar-refractivity contribution in [3.05, 3.63) is 29.8 Å². The molecule has 2 rings (SSSR count). The molecule has 0 aliphatic carbocycles. The van der Waals surface area contributed by atoms with Crippen LogP contribution in [0, 0.1) is 0 Å². The zero-order chi connectivity index (χ0) is 14.0. The first-order valence-electron chi connectivity index (χ1n) is 7.01. The highest BCUT2D eigenvalue weighted by Crippen LogP contribution is 2.25. The van der Waals surface area contributed by atoms with Gasteiger partial charge in [0.1, 0.15) is 0 Å². The molecule has 1 aliphatic rings. The maximum Gasteiger partial charge on any atom is 0.243 e. The number of hydrogen-bond donors (Lipinski definition) is 1. The molecule has 19 heavy (non-hydrogen) atoms. The number of benzene rings is 1. The molecule has 104 valence electrons. The first-order chi connectivity index (χ1) is 8.89. The number of carbonyl (C=O) groups excluding carboxylic acids is 1. The Morgan fingerprint density at radius 2 is 1.89 bits per heavy atom. The van der Waals surface area contributed by atoms with Gasteiger partial charge in [-0.05, 0) is 42.5 Å². The molecule has 1 atom stereocenters. The maximum absolute atomic E-state index is 12.3. The Hall–Kier alpha value is -1.35. The normalized spacial score (nSPS) is 19.5. The number of hydrogen-bond acceptors (Lipinski definition) is 2. The van der Waals surface area contributed by atoms with E-state index < -0.39 is 0 Å². The molecule has 1 fully saturated rings. The third-order valence-electron chi connectivity index (χ3n) is 3.81. The third-order valence-corrected chi connectivity index (χ3v) is 3.81. The van der Waals surface area contributed by atoms with E-state index in [1.165, 1.54) is 5.56 Å². The van der Waals surface area contributed by atoms with E-state index in [1.807, 2.05) is 19.2 Å². The van der Waals surface area contributed by atoms with Crippen LogP contribution in [0.5, 0.6) is 0 Å². The van der Waals surface area contributed by atoms with Crippen molar-refractivity contribution in [3.8, 4) is 0 Å². The van der Waals surface area contributed by atoms with Crippen LogP contribution < -0.4 is 10.2 Å². The summed E-state index contributed by atoms with van der Waals surface area (Å²) in [6, 6.07) is 8.29. The van der Waals surface area contributed by atoms with E-state index in [2.05, 4.69) is 38.2 Å². The molecule has 0 saturated carbocycles. The van der Waals surface area contributed by atoms with Gasteiger partial charge in [0.15, 0.2) is 0 Å². The smallest absolute Gasteiger partial charge is 0.243 e. The number of anilines is 1. The topological polar surface area (TPSA) is 32.3 Å². The minimum atomic E-state index is -0.00714. The largest absolute Gasteiger partial charge is 0.314 e. The minimum Gasteiger partial charge on any atom is -0.314 e. The van der Waals surface area contributed by atoms with Gasteiger partial charge in [0.25, 0.3) is 0 Å². The lowest BCUT2D eigenvalue weighted by molar-refractivity contribution is -0.119. The standard InChI is InChI=1S/C16H24N2O/c1-16(2,3)12-7-9-13(10-8-12)18(4)15(19)14-6-5-11-17-14/h7-10,14,17H,5-6,11H2,1-4H3. The molecular formula is C16H24N2O. The lowest BCUT2D eigenvalue weighted by atomic mass is 9.87. The molecule has 1 aromatic rings. The van der Waals surface area contributed by atoms with E-state index in [0.29, 0.717) is 0 Å². The molecule has 1 aromatic carbocycles. The van der Waals surface area contributed by atoms with Crippen molar-refractivity contribution in [1.82, 2.24) is 5.32 Å². The van der Waals surface area contributed by atoms with Crippen LogP contribution in [0.3, 0.4) is 0 Å². The van der Waals surface area contributed by atoms with Gasteiger partial charge < -0.3 is 10.2 Å². The summed E-state index contributed by atoms with van der Waals surface area (Å²) in [6.07, 6.45) is 2.04. The SMILES string of the molecule is CN(C(=O)C1CCCN1)c1ccc(C(C)(C)C)cc1. The summed E-state index contributed by atoms with van der Waals surface area (Å²) in [4.78, 5) is 14.1. The summed E-state index contributed by atoms with van der Waals surface area (Å²) >= 11 is 0. The average Bonchev–Trinajstić information content (AvgIpc) is 2.90. The molecular weight excluding hydrogens is 236 g/mol. The van der Waals surface area contributed by atoms with E-state index in [0.717, 1.165) is 25.1 Å². The second-order valence-corrected chi connectivity index (χ2v) is 6.34. The van der Waals surface area contributed by atoms with E-state index >= 15 is 0 Å². The summed E-state index contributed by atoms with van der Waals surface area (Å²) < 4.78 is 0. The lowest BCUT2D eigenvalue weighted by Crippen LogP contribution is -2.41. The van der Waals surface area contributed by atoms with Crippen molar-refractivity contribution < 1.29 is 4.79 Å². The summed E-state index contributed by atoms with van der Waals surface area (Å²) in [5, 5.41) is 3.25. The first-order valence-corrected chi connectivity index (χ1v) is 7.01. The second kappa shape index (κ2) is 5.33. The zero-order valence-corrected chi connectivity index (χ0v) is 12.4. The first kappa shape index (κ1) is 14.1. The van der Waals surface area contributed by atoms with Crippen molar-refractivity contribution in [2.75, 3.05) is 18.5 Å². The molecule has 1 heterocycles. The molecule has 1 aliphatic heterocycles. The van der Waals surface area contributed by atoms with E-state index in [9.17, 15) is 4.79 Å². The Balaban J connectivity index is 2.11. The van der Waals surface area contributed by atoms with Gasteiger partial charge in [-0.15, -0.1) is 0 Å². The van der Waals surface area contributed by atoms with Gasteiger partial charge in [-0.2, -0.15) is 0 Å². The number of rotatable bonds is 2. The number of nitrogens with zero attached hydrogens (tertiary/aromatic N) is 1. The Morgan fingerprint density at radius 1 is 1.26 bits per heavy atom. The van der Waals surface area contributed by atoms with Gasteiger partial charge in [-0.1, -0.05) is 32.9 Å². The van der Waals surface area contributed by atoms with Crippen molar-refractivity contribution >= 4 is 11.6 Å². The molecule has 1 unspecified atom stereocenters. The molecule has 0 radical (unpaired) electrons. The number of amides is 1. The third kappa shape index (κ3) is 3.16. The summed E-state index contributed by atoms with van der Waals surface area (Å²) in [7, 11) is 1.86. The highest BCUT2D eigenvalue weighted by atomic mass is 16.2. The summed E-state index contributed by atoms with van der Waals surface area (Å²) in [5.74, 6) is 0.168. The van der Waals surface area contributed by atoms with Crippen LogP contribution in [0.15, 0.2) is 24.3 Å². The van der Waals surface area contributed by atoms with Crippen molar-refractivity contribution in [3.63, 3.8) is 0 Å². The summed E-state index contributed by atoms with van der Waals surface area (Å²) in [6.45, 7) is 7.53. The van der Waals surface area contributed by atoms with Crippen LogP contribution in [-0.2, 0) is 10.2 Å². The van der Waals surface area contributed by atoms with Gasteiger partial charge in [0.05, 0.1) is 6.04 Å². The fraction of sp³-hybridized carbons (Fsp3) is 0.562. The fourth-order valence-electron chi connectivity index (χ4n) is 2.44. The summed E-state index contributed by atoms with van der Waals surface area (Å²) in [5.41, 5.74) is 2.40. The van der Waals surface area contributed by atoms with Gasteiger partial charge in [0.2, 0.25) is 5.91 Å². The van der Waals surface area contributed by atoms with Crippen LogP contribution in [-0.4, -0.2) is 25.5 Å². The molecule has 0 bridgehead atoms. The number of likely N-dealkylation sites (N-methyl/N-ethyl adjacent to an activating group) is 1. The highest BCUT2D eigenvalue weighted by Gasteiger charge is 2.25. The molecule has 1 N–H and O–H groups in total. The molecule has 1 amide bonds. The van der Waals surface area contributed by atoms with E-state index in [-0.39, 0.29) is 17.4 Å². The van der Waals surface area contributed by atoms with Gasteiger partial charge in [-0.3, -0.25) is 4.79 Å². The zero-order valence-electron chi connectivity index (χ0n) is 12.4. The van der Waals surface area contributed by atoms with Gasteiger partial charge >= 0.3 is 0 Å². The van der Waals surface area contributed by atoms with Crippen molar-refractivity contribution in [2.24, 2.45) is 0 Å². The predicted octanol–water partition coefficient (Wildman–Crippen LogP) is 2.70. The molecule has 3 nitrogen and oxygen atoms in total. The maximum atomic E-state index is 12.3. The Bertz CT molecular complexity index is 439. The number of carbonyl (C=O) groups is 1. The molecule has 0 spiro atoms. The van der Waals surface area contributed by atoms with E-state index in [1.54, 1.807) is 4.90 Å². The second-order valence-electron chi connectivity index (χ2n) is 6.34. The minimum absolute atomic E-state index is 0.00714. The van der Waals surface area contributed by atoms with Gasteiger partial charge in [0, 0.05) is 12.7 Å². The van der Waals surface area contributed by atoms with Crippen LogP contribution in [0.4, 0.5) is 5.69 Å². The fourth-order valence-corrected chi connectivity index (χ4v) is 2.44. The Kier molecular flexibility index (Phi) is 3.95. The Labute approximate surface area is 116 Å². The van der Waals surface area contributed by atoms with Crippen LogP contribution in [0.2, 0.25) is 0 Å². The van der Waals surface area contributed by atoms with Gasteiger partial charge in [-0.25, -0.2) is 0 Å². The number of nitrogens with one attached hydrogen (secondary N) is 1. The molecule has 0 aromatic heterocycles. The average molecular weight is 260 g/mol. The van der Waals surface area contributed by atoms with Crippen LogP contribution in [0.25, 0.3) is 0 Å².